The number of carbonyl (C=O) groups excluding carboxylic acids is 1. The van der Waals surface area contributed by atoms with Crippen LogP contribution in [0.15, 0.2) is 23.1 Å². The molecule has 3 rings (SSSR count). The van der Waals surface area contributed by atoms with E-state index < -0.39 is 16.1 Å². The molecule has 1 fully saturated rings. The number of hydrogen-bond acceptors (Lipinski definition) is 5. The van der Waals surface area contributed by atoms with Crippen molar-refractivity contribution >= 4 is 21.6 Å². The Labute approximate surface area is 154 Å². The Balaban J connectivity index is 1.89. The molecule has 8 heteroatoms. The molecule has 1 unspecified atom stereocenters. The summed E-state index contributed by atoms with van der Waals surface area (Å²) in [7, 11) is -3.51. The Morgan fingerprint density at radius 1 is 1.27 bits per heavy atom. The van der Waals surface area contributed by atoms with Gasteiger partial charge in [-0.25, -0.2) is 8.42 Å². The fourth-order valence-corrected chi connectivity index (χ4v) is 4.99. The largest absolute Gasteiger partial charge is 0.376 e. The second-order valence-electron chi connectivity index (χ2n) is 6.41. The maximum Gasteiger partial charge on any atom is 0.258 e. The fraction of sp³-hybridized carbons (Fsp3) is 0.611. The summed E-state index contributed by atoms with van der Waals surface area (Å²) in [6.07, 6.45) is 0.956. The molecule has 0 saturated carbocycles. The lowest BCUT2D eigenvalue weighted by Gasteiger charge is -2.33. The highest BCUT2D eigenvalue weighted by Crippen LogP contribution is 2.31. The number of fused-ring (bicyclic) bond motifs is 1. The number of carbonyl (C=O) groups is 1. The second-order valence-corrected chi connectivity index (χ2v) is 8.35. The smallest absolute Gasteiger partial charge is 0.258 e. The monoisotopic (exact) mass is 382 g/mol. The van der Waals surface area contributed by atoms with Crippen molar-refractivity contribution in [2.45, 2.75) is 37.7 Å². The first-order valence-electron chi connectivity index (χ1n) is 9.12. The van der Waals surface area contributed by atoms with Gasteiger partial charge in [-0.3, -0.25) is 4.79 Å². The molecular formula is C18H26N2O5S. The highest BCUT2D eigenvalue weighted by molar-refractivity contribution is 7.89. The van der Waals surface area contributed by atoms with Crippen LogP contribution in [0.4, 0.5) is 5.69 Å². The van der Waals surface area contributed by atoms with Gasteiger partial charge in [0.15, 0.2) is 6.10 Å². The highest BCUT2D eigenvalue weighted by Gasteiger charge is 2.32. The third kappa shape index (κ3) is 3.64. The van der Waals surface area contributed by atoms with Gasteiger partial charge in [-0.15, -0.1) is 0 Å². The van der Waals surface area contributed by atoms with Gasteiger partial charge < -0.3 is 14.4 Å². The molecule has 1 amide bonds. The summed E-state index contributed by atoms with van der Waals surface area (Å²) < 4.78 is 37.8. The standard InChI is InChI=1S/C18H26N2O5S/c1-3-19(4-2)26(22,23)15-7-8-16-14(12-15)6-5-9-20(16)18(21)17-13-24-10-11-25-17/h7-8,12,17H,3-6,9-11,13H2,1-2H3. The molecule has 0 bridgehead atoms. The predicted molar refractivity (Wildman–Crippen MR) is 97.8 cm³/mol. The molecule has 26 heavy (non-hydrogen) atoms. The molecule has 0 aliphatic carbocycles. The summed E-state index contributed by atoms with van der Waals surface area (Å²) in [6, 6.07) is 5.05. The Hall–Kier alpha value is -1.48. The average Bonchev–Trinajstić information content (AvgIpc) is 2.68. The fourth-order valence-electron chi connectivity index (χ4n) is 3.48. The number of benzene rings is 1. The van der Waals surface area contributed by atoms with Crippen molar-refractivity contribution in [2.75, 3.05) is 44.4 Å². The van der Waals surface area contributed by atoms with Crippen LogP contribution in [-0.4, -0.2) is 64.2 Å². The van der Waals surface area contributed by atoms with Gasteiger partial charge in [0, 0.05) is 25.3 Å². The van der Waals surface area contributed by atoms with Crippen LogP contribution in [0.25, 0.3) is 0 Å². The van der Waals surface area contributed by atoms with Gasteiger partial charge in [-0.05, 0) is 36.6 Å². The van der Waals surface area contributed by atoms with E-state index in [9.17, 15) is 13.2 Å². The Morgan fingerprint density at radius 3 is 2.69 bits per heavy atom. The van der Waals surface area contributed by atoms with E-state index >= 15 is 0 Å². The molecular weight excluding hydrogens is 356 g/mol. The maximum absolute atomic E-state index is 12.8. The molecule has 1 atom stereocenters. The van der Waals surface area contributed by atoms with Crippen LogP contribution in [-0.2, 0) is 30.7 Å². The lowest BCUT2D eigenvalue weighted by molar-refractivity contribution is -0.144. The average molecular weight is 382 g/mol. The lowest BCUT2D eigenvalue weighted by Crippen LogP contribution is -2.47. The Bertz CT molecular complexity index is 755. The van der Waals surface area contributed by atoms with Crippen LogP contribution >= 0.6 is 0 Å². The first-order chi connectivity index (χ1) is 12.5. The van der Waals surface area contributed by atoms with Crippen LogP contribution in [0.1, 0.15) is 25.8 Å². The zero-order valence-corrected chi connectivity index (χ0v) is 16.1. The minimum atomic E-state index is -3.51. The number of anilines is 1. The summed E-state index contributed by atoms with van der Waals surface area (Å²) in [5.41, 5.74) is 1.66. The molecule has 1 aromatic carbocycles. The second kappa shape index (κ2) is 8.04. The summed E-state index contributed by atoms with van der Waals surface area (Å²) in [6.45, 7) is 6.30. The number of rotatable bonds is 5. The van der Waals surface area contributed by atoms with Crippen molar-refractivity contribution < 1.29 is 22.7 Å². The Morgan fingerprint density at radius 2 is 2.04 bits per heavy atom. The zero-order valence-electron chi connectivity index (χ0n) is 15.3. The summed E-state index contributed by atoms with van der Waals surface area (Å²) in [4.78, 5) is 14.8. The molecule has 0 aromatic heterocycles. The van der Waals surface area contributed by atoms with E-state index in [0.717, 1.165) is 24.1 Å². The normalized spacial score (nSPS) is 20.9. The lowest BCUT2D eigenvalue weighted by atomic mass is 10.0. The number of hydrogen-bond donors (Lipinski definition) is 0. The van der Waals surface area contributed by atoms with Crippen molar-refractivity contribution in [3.8, 4) is 0 Å². The molecule has 1 saturated heterocycles. The molecule has 144 valence electrons. The number of aryl methyl sites for hydroxylation is 1. The summed E-state index contributed by atoms with van der Waals surface area (Å²) in [5, 5.41) is 0. The topological polar surface area (TPSA) is 76.2 Å². The number of ether oxygens (including phenoxy) is 2. The van der Waals surface area contributed by atoms with E-state index in [4.69, 9.17) is 9.47 Å². The SMILES string of the molecule is CCN(CC)S(=O)(=O)c1ccc2c(c1)CCCN2C(=O)C1COCCO1. The molecule has 0 radical (unpaired) electrons. The molecule has 2 aliphatic rings. The molecule has 7 nitrogen and oxygen atoms in total. The number of amides is 1. The molecule has 2 heterocycles. The third-order valence-corrected chi connectivity index (χ3v) is 6.92. The van der Waals surface area contributed by atoms with Gasteiger partial charge >= 0.3 is 0 Å². The zero-order chi connectivity index (χ0) is 18.7. The van der Waals surface area contributed by atoms with Crippen LogP contribution in [0.5, 0.6) is 0 Å². The summed E-state index contributed by atoms with van der Waals surface area (Å²) >= 11 is 0. The molecule has 0 spiro atoms. The van der Waals surface area contributed by atoms with Gasteiger partial charge in [-0.2, -0.15) is 4.31 Å². The quantitative estimate of drug-likeness (QED) is 0.770. The summed E-state index contributed by atoms with van der Waals surface area (Å²) in [5.74, 6) is -0.120. The van der Waals surface area contributed by atoms with Crippen molar-refractivity contribution in [3.05, 3.63) is 23.8 Å². The number of sulfonamides is 1. The van der Waals surface area contributed by atoms with Crippen LogP contribution in [0, 0.1) is 0 Å². The van der Waals surface area contributed by atoms with Crippen LogP contribution in [0.2, 0.25) is 0 Å². The molecule has 0 N–H and O–H groups in total. The number of nitrogens with zero attached hydrogens (tertiary/aromatic N) is 2. The van der Waals surface area contributed by atoms with E-state index in [1.54, 1.807) is 23.1 Å². The van der Waals surface area contributed by atoms with Crippen LogP contribution < -0.4 is 4.90 Å². The highest BCUT2D eigenvalue weighted by atomic mass is 32.2. The first kappa shape index (κ1) is 19.3. The van der Waals surface area contributed by atoms with Crippen molar-refractivity contribution in [1.29, 1.82) is 0 Å². The van der Waals surface area contributed by atoms with Gasteiger partial charge in [0.1, 0.15) is 0 Å². The first-order valence-corrected chi connectivity index (χ1v) is 10.6. The van der Waals surface area contributed by atoms with E-state index in [0.29, 0.717) is 32.8 Å². The minimum Gasteiger partial charge on any atom is -0.376 e. The van der Waals surface area contributed by atoms with Gasteiger partial charge in [0.05, 0.1) is 24.7 Å². The van der Waals surface area contributed by atoms with Crippen molar-refractivity contribution in [1.82, 2.24) is 4.31 Å². The van der Waals surface area contributed by atoms with Crippen molar-refractivity contribution in [3.63, 3.8) is 0 Å². The van der Waals surface area contributed by atoms with Crippen molar-refractivity contribution in [2.24, 2.45) is 0 Å². The predicted octanol–water partition coefficient (Wildman–Crippen LogP) is 1.41. The maximum atomic E-state index is 12.8. The third-order valence-electron chi connectivity index (χ3n) is 4.87. The van der Waals surface area contributed by atoms with Gasteiger partial charge in [0.2, 0.25) is 10.0 Å². The Kier molecular flexibility index (Phi) is 5.96. The van der Waals surface area contributed by atoms with Gasteiger partial charge in [-0.1, -0.05) is 13.8 Å². The van der Waals surface area contributed by atoms with E-state index in [1.165, 1.54) is 4.31 Å². The van der Waals surface area contributed by atoms with Crippen LogP contribution in [0.3, 0.4) is 0 Å². The molecule has 2 aliphatic heterocycles. The van der Waals surface area contributed by atoms with E-state index in [2.05, 4.69) is 0 Å². The van der Waals surface area contributed by atoms with Gasteiger partial charge in [0.25, 0.3) is 5.91 Å². The minimum absolute atomic E-state index is 0.120. The van der Waals surface area contributed by atoms with E-state index in [1.807, 2.05) is 13.8 Å². The molecule has 1 aromatic rings. The van der Waals surface area contributed by atoms with E-state index in [-0.39, 0.29) is 17.4 Å².